The minimum absolute atomic E-state index is 0.0197. The zero-order chi connectivity index (χ0) is 22.4. The van der Waals surface area contributed by atoms with Crippen molar-refractivity contribution in [2.75, 3.05) is 19.8 Å². The van der Waals surface area contributed by atoms with Crippen LogP contribution in [0.25, 0.3) is 16.7 Å². The van der Waals surface area contributed by atoms with E-state index in [0.717, 1.165) is 11.2 Å². The molecule has 0 atom stereocenters. The third-order valence-electron chi connectivity index (χ3n) is 4.71. The minimum Gasteiger partial charge on any atom is -0.458 e. The van der Waals surface area contributed by atoms with Crippen molar-refractivity contribution in [1.29, 1.82) is 0 Å². The maximum absolute atomic E-state index is 13.3. The van der Waals surface area contributed by atoms with Gasteiger partial charge in [0.05, 0.1) is 17.1 Å². The Kier molecular flexibility index (Phi) is 7.46. The number of nitrogens with zero attached hydrogens (tertiary/aromatic N) is 2. The van der Waals surface area contributed by atoms with E-state index in [4.69, 9.17) is 9.47 Å². The molecule has 0 aliphatic heterocycles. The van der Waals surface area contributed by atoms with Crippen LogP contribution in [-0.4, -0.2) is 46.9 Å². The van der Waals surface area contributed by atoms with Gasteiger partial charge in [-0.3, -0.25) is 4.79 Å². The van der Waals surface area contributed by atoms with E-state index in [1.807, 2.05) is 23.8 Å². The third kappa shape index (κ3) is 5.52. The van der Waals surface area contributed by atoms with Gasteiger partial charge in [-0.1, -0.05) is 0 Å². The minimum atomic E-state index is -0.499. The number of carbonyl (C=O) groups is 2. The molecule has 31 heavy (non-hydrogen) atoms. The molecular weight excluding hydrogens is 401 g/mol. The Bertz CT molecular complexity index is 1040. The van der Waals surface area contributed by atoms with Crippen LogP contribution in [0.2, 0.25) is 0 Å². The van der Waals surface area contributed by atoms with Crippen molar-refractivity contribution in [3.8, 4) is 5.69 Å². The number of hydrogen-bond donors (Lipinski definition) is 1. The lowest BCUT2D eigenvalue weighted by molar-refractivity contribution is -0.121. The van der Waals surface area contributed by atoms with E-state index in [9.17, 15) is 14.0 Å². The number of carbonyl (C=O) groups excluding carboxylic acids is 2. The van der Waals surface area contributed by atoms with Gasteiger partial charge in [-0.15, -0.1) is 0 Å². The van der Waals surface area contributed by atoms with Crippen molar-refractivity contribution in [2.24, 2.45) is 0 Å². The van der Waals surface area contributed by atoms with Gasteiger partial charge < -0.3 is 23.9 Å². The smallest absolute Gasteiger partial charge is 0.355 e. The normalized spacial score (nSPS) is 11.3. The molecule has 0 fully saturated rings. The highest BCUT2D eigenvalue weighted by molar-refractivity contribution is 5.96. The fourth-order valence-electron chi connectivity index (χ4n) is 3.33. The fourth-order valence-corrected chi connectivity index (χ4v) is 3.33. The lowest BCUT2D eigenvalue weighted by Gasteiger charge is -2.12. The molecule has 2 heterocycles. The number of rotatable bonds is 10. The summed E-state index contributed by atoms with van der Waals surface area (Å²) >= 11 is 0. The molecule has 1 amide bonds. The maximum atomic E-state index is 13.3. The quantitative estimate of drug-likeness (QED) is 0.394. The van der Waals surface area contributed by atoms with Gasteiger partial charge in [0, 0.05) is 31.6 Å². The second-order valence-electron chi connectivity index (χ2n) is 7.40. The summed E-state index contributed by atoms with van der Waals surface area (Å²) in [5.74, 6) is -1.03. The second-order valence-corrected chi connectivity index (χ2v) is 7.40. The molecule has 3 aromatic rings. The molecule has 0 aliphatic rings. The lowest BCUT2D eigenvalue weighted by atomic mass is 10.3. The van der Waals surface area contributed by atoms with Gasteiger partial charge in [-0.2, -0.15) is 0 Å². The van der Waals surface area contributed by atoms with Gasteiger partial charge in [0.15, 0.2) is 0 Å². The fraction of sp³-hybridized carbons (Fsp3) is 0.391. The van der Waals surface area contributed by atoms with Gasteiger partial charge in [-0.25, -0.2) is 9.18 Å². The lowest BCUT2D eigenvalue weighted by Crippen LogP contribution is -2.30. The van der Waals surface area contributed by atoms with Crippen LogP contribution < -0.4 is 5.32 Å². The Hall–Kier alpha value is -3.13. The van der Waals surface area contributed by atoms with Crippen LogP contribution in [-0.2, 0) is 20.8 Å². The number of ether oxygens (including phenoxy) is 2. The predicted octanol–water partition coefficient (Wildman–Crippen LogP) is 3.68. The number of hydrogen-bond acceptors (Lipinski definition) is 4. The highest BCUT2D eigenvalue weighted by Crippen LogP contribution is 2.25. The molecule has 8 heteroatoms. The number of aromatic nitrogens is 2. The zero-order valence-electron chi connectivity index (χ0n) is 18.1. The van der Waals surface area contributed by atoms with Crippen molar-refractivity contribution in [3.63, 3.8) is 0 Å². The molecule has 7 nitrogen and oxygen atoms in total. The Morgan fingerprint density at radius 2 is 1.87 bits per heavy atom. The van der Waals surface area contributed by atoms with Gasteiger partial charge in [0.2, 0.25) is 5.91 Å². The first-order valence-corrected chi connectivity index (χ1v) is 10.4. The Balaban J connectivity index is 1.89. The van der Waals surface area contributed by atoms with Crippen LogP contribution in [0.3, 0.4) is 0 Å². The maximum Gasteiger partial charge on any atom is 0.355 e. The van der Waals surface area contributed by atoms with Gasteiger partial charge in [-0.05, 0) is 63.6 Å². The molecule has 1 N–H and O–H groups in total. The highest BCUT2D eigenvalue weighted by Gasteiger charge is 2.22. The Morgan fingerprint density at radius 3 is 2.55 bits per heavy atom. The van der Waals surface area contributed by atoms with Gasteiger partial charge in [0.1, 0.15) is 18.1 Å². The average Bonchev–Trinajstić information content (AvgIpc) is 3.28. The predicted molar refractivity (Wildman–Crippen MR) is 116 cm³/mol. The van der Waals surface area contributed by atoms with Crippen molar-refractivity contribution >= 4 is 22.9 Å². The first kappa shape index (κ1) is 22.6. The molecule has 0 saturated heterocycles. The molecule has 0 aliphatic carbocycles. The summed E-state index contributed by atoms with van der Waals surface area (Å²) in [4.78, 5) is 25.2. The molecule has 3 rings (SSSR count). The average molecular weight is 429 g/mol. The van der Waals surface area contributed by atoms with Crippen molar-refractivity contribution in [2.45, 2.75) is 39.8 Å². The SMILES string of the molecule is CCOCCCNC(=O)Cn1c(C(=O)OC(C)C)cc2c1ccn2-c1ccc(F)cc1. The topological polar surface area (TPSA) is 74.5 Å². The number of amides is 1. The molecule has 166 valence electrons. The summed E-state index contributed by atoms with van der Waals surface area (Å²) in [5.41, 5.74) is 2.48. The Labute approximate surface area is 180 Å². The summed E-state index contributed by atoms with van der Waals surface area (Å²) in [6.07, 6.45) is 2.25. The second kappa shape index (κ2) is 10.3. The van der Waals surface area contributed by atoms with E-state index in [1.54, 1.807) is 36.6 Å². The van der Waals surface area contributed by atoms with Gasteiger partial charge in [0.25, 0.3) is 0 Å². The van der Waals surface area contributed by atoms with E-state index < -0.39 is 5.97 Å². The number of nitrogens with one attached hydrogen (secondary N) is 1. The van der Waals surface area contributed by atoms with Crippen molar-refractivity contribution in [1.82, 2.24) is 14.5 Å². The molecule has 2 aromatic heterocycles. The summed E-state index contributed by atoms with van der Waals surface area (Å²) in [7, 11) is 0. The molecule has 1 aromatic carbocycles. The number of benzene rings is 1. The van der Waals surface area contributed by atoms with Crippen LogP contribution in [0.5, 0.6) is 0 Å². The molecule has 0 spiro atoms. The molecule has 0 unspecified atom stereocenters. The van der Waals surface area contributed by atoms with Crippen LogP contribution in [0, 0.1) is 5.82 Å². The summed E-state index contributed by atoms with van der Waals surface area (Å²) in [6.45, 7) is 7.16. The molecule has 0 bridgehead atoms. The van der Waals surface area contributed by atoms with Crippen molar-refractivity contribution in [3.05, 3.63) is 54.1 Å². The number of esters is 1. The third-order valence-corrected chi connectivity index (χ3v) is 4.71. The number of halogens is 1. The first-order valence-electron chi connectivity index (χ1n) is 10.4. The van der Waals surface area contributed by atoms with Crippen LogP contribution in [0.15, 0.2) is 42.6 Å². The van der Waals surface area contributed by atoms with E-state index >= 15 is 0 Å². The zero-order valence-corrected chi connectivity index (χ0v) is 18.1. The van der Waals surface area contributed by atoms with Crippen LogP contribution >= 0.6 is 0 Å². The van der Waals surface area contributed by atoms with E-state index in [0.29, 0.717) is 37.4 Å². The van der Waals surface area contributed by atoms with E-state index in [1.165, 1.54) is 12.1 Å². The summed E-state index contributed by atoms with van der Waals surface area (Å²) in [6, 6.07) is 9.59. The molecular formula is C23H28FN3O4. The number of fused-ring (bicyclic) bond motifs is 1. The monoisotopic (exact) mass is 429 g/mol. The van der Waals surface area contributed by atoms with Gasteiger partial charge >= 0.3 is 5.97 Å². The molecule has 0 saturated carbocycles. The molecule has 0 radical (unpaired) electrons. The highest BCUT2D eigenvalue weighted by atomic mass is 19.1. The summed E-state index contributed by atoms with van der Waals surface area (Å²) in [5, 5.41) is 2.86. The van der Waals surface area contributed by atoms with E-state index in [-0.39, 0.29) is 24.4 Å². The largest absolute Gasteiger partial charge is 0.458 e. The standard InChI is InChI=1S/C23H28FN3O4/c1-4-30-13-5-11-25-22(28)15-27-19-10-12-26(18-8-6-17(24)7-9-18)20(19)14-21(27)23(29)31-16(2)3/h6-10,12,14,16H,4-5,11,13,15H2,1-3H3,(H,25,28). The van der Waals surface area contributed by atoms with Crippen molar-refractivity contribution < 1.29 is 23.5 Å². The first-order chi connectivity index (χ1) is 14.9. The Morgan fingerprint density at radius 1 is 1.13 bits per heavy atom. The summed E-state index contributed by atoms with van der Waals surface area (Å²) < 4.78 is 27.5. The van der Waals surface area contributed by atoms with Crippen LogP contribution in [0.4, 0.5) is 4.39 Å². The van der Waals surface area contributed by atoms with E-state index in [2.05, 4.69) is 5.32 Å². The van der Waals surface area contributed by atoms with Crippen LogP contribution in [0.1, 0.15) is 37.7 Å².